The molecule has 1 aromatic heterocycles. The van der Waals surface area contributed by atoms with Crippen LogP contribution in [0.3, 0.4) is 0 Å². The number of nitrogens with zero attached hydrogens (tertiary/aromatic N) is 1. The Bertz CT molecular complexity index is 3260. The smallest absolute Gasteiger partial charge is 0.159 e. The third-order valence-corrected chi connectivity index (χ3v) is 13.7. The van der Waals surface area contributed by atoms with Gasteiger partial charge in [0.15, 0.2) is 5.58 Å². The van der Waals surface area contributed by atoms with Crippen molar-refractivity contribution in [2.45, 2.75) is 17.8 Å². The van der Waals surface area contributed by atoms with Gasteiger partial charge in [-0.25, -0.2) is 0 Å². The maximum absolute atomic E-state index is 7.38. The minimum Gasteiger partial charge on any atom is -0.453 e. The fraction of sp³-hybridized carbons (Fsp3) is 0.0645. The molecule has 1 unspecified atom stereocenters. The summed E-state index contributed by atoms with van der Waals surface area (Å²) in [5.74, 6) is 0.226. The summed E-state index contributed by atoms with van der Waals surface area (Å²) >= 11 is 0. The van der Waals surface area contributed by atoms with Crippen LogP contribution in [0.1, 0.15) is 45.7 Å². The van der Waals surface area contributed by atoms with Crippen LogP contribution in [0.2, 0.25) is 0 Å². The zero-order chi connectivity index (χ0) is 42.5. The minimum atomic E-state index is -0.351. The van der Waals surface area contributed by atoms with Crippen LogP contribution in [-0.4, -0.2) is 0 Å². The molecule has 0 saturated heterocycles. The van der Waals surface area contributed by atoms with Crippen LogP contribution in [0.4, 0.5) is 17.1 Å². The van der Waals surface area contributed by atoms with Crippen molar-refractivity contribution in [2.24, 2.45) is 5.92 Å². The Labute approximate surface area is 374 Å². The van der Waals surface area contributed by atoms with Gasteiger partial charge in [0, 0.05) is 33.6 Å². The summed E-state index contributed by atoms with van der Waals surface area (Å²) in [6.45, 7) is 0. The lowest BCUT2D eigenvalue weighted by Gasteiger charge is -2.40. The highest BCUT2D eigenvalue weighted by atomic mass is 16.3. The van der Waals surface area contributed by atoms with Crippen molar-refractivity contribution in [3.63, 3.8) is 0 Å². The minimum absolute atomic E-state index is 0.0263. The van der Waals surface area contributed by atoms with E-state index in [9.17, 15) is 0 Å². The number of fused-ring (bicyclic) bond motifs is 6. The highest BCUT2D eigenvalue weighted by Crippen LogP contribution is 2.58. The van der Waals surface area contributed by atoms with E-state index in [1.165, 1.54) is 44.5 Å². The van der Waals surface area contributed by atoms with Crippen LogP contribution in [0.25, 0.3) is 44.2 Å². The molecule has 0 fully saturated rings. The van der Waals surface area contributed by atoms with E-state index in [0.29, 0.717) is 0 Å². The number of hydrogen-bond donors (Lipinski definition) is 0. The fourth-order valence-electron chi connectivity index (χ4n) is 11.0. The van der Waals surface area contributed by atoms with E-state index in [1.54, 1.807) is 0 Å². The first-order valence-corrected chi connectivity index (χ1v) is 22.4. The molecule has 304 valence electrons. The molecule has 0 spiro atoms. The fourth-order valence-corrected chi connectivity index (χ4v) is 11.0. The van der Waals surface area contributed by atoms with E-state index < -0.39 is 0 Å². The second-order valence-corrected chi connectivity index (χ2v) is 17.1. The Morgan fingerprint density at radius 1 is 0.469 bits per heavy atom. The first kappa shape index (κ1) is 37.8. The molecule has 12 rings (SSSR count). The Balaban J connectivity index is 1.10. The standard InChI is InChI=1S/C62H45NO/c1-6-21-43(22-7-1)50-33-20-34-54-59-53(58(44-23-8-2-9-24-44)45-25-10-3-11-26-45)41-42-57(61(59)64-60(50)54)63(48-29-14-5-15-30-48)49-39-37-47(38-40-49)62(46-27-12-4-13-28-46)55-35-18-16-31-51(55)52-32-17-19-36-56(52)62/h1-27,29-42,46,58H,28H2. The SMILES string of the molecule is C1=CCC(C2(c3ccc(N(c4ccccc4)c4ccc(C(c5ccccc5)c5ccccc5)c5c4oc4c(-c6ccccc6)cccc45)cc3)c3ccccc3-c3ccccc32)C=C1. The summed E-state index contributed by atoms with van der Waals surface area (Å²) in [4.78, 5) is 2.38. The number of para-hydroxylation sites is 2. The molecule has 0 saturated carbocycles. The molecule has 0 N–H and O–H groups in total. The van der Waals surface area contributed by atoms with Crippen LogP contribution < -0.4 is 4.90 Å². The van der Waals surface area contributed by atoms with Gasteiger partial charge in [0.2, 0.25) is 0 Å². The summed E-state index contributed by atoms with van der Waals surface area (Å²) in [6, 6.07) is 81.9. The summed E-state index contributed by atoms with van der Waals surface area (Å²) in [6.07, 6.45) is 10.1. The van der Waals surface area contributed by atoms with Crippen molar-refractivity contribution in [1.29, 1.82) is 0 Å². The molecular formula is C62H45NO. The molecule has 64 heavy (non-hydrogen) atoms. The third-order valence-electron chi connectivity index (χ3n) is 13.7. The Morgan fingerprint density at radius 2 is 1.03 bits per heavy atom. The number of benzene rings is 9. The molecule has 2 nitrogen and oxygen atoms in total. The number of anilines is 3. The van der Waals surface area contributed by atoms with E-state index in [-0.39, 0.29) is 17.3 Å². The van der Waals surface area contributed by atoms with Crippen LogP contribution in [0, 0.1) is 5.92 Å². The largest absolute Gasteiger partial charge is 0.453 e. The van der Waals surface area contributed by atoms with Crippen molar-refractivity contribution in [3.05, 3.63) is 282 Å². The second-order valence-electron chi connectivity index (χ2n) is 17.1. The molecule has 0 radical (unpaired) electrons. The van der Waals surface area contributed by atoms with Gasteiger partial charge in [-0.15, -0.1) is 0 Å². The van der Waals surface area contributed by atoms with Crippen molar-refractivity contribution in [2.75, 3.05) is 4.90 Å². The monoisotopic (exact) mass is 819 g/mol. The average molecular weight is 820 g/mol. The van der Waals surface area contributed by atoms with Crippen molar-refractivity contribution in [1.82, 2.24) is 0 Å². The first-order valence-electron chi connectivity index (χ1n) is 22.4. The summed E-state index contributed by atoms with van der Waals surface area (Å²) in [7, 11) is 0. The number of furan rings is 1. The van der Waals surface area contributed by atoms with Crippen molar-refractivity contribution in [3.8, 4) is 22.3 Å². The van der Waals surface area contributed by atoms with Gasteiger partial charge in [-0.1, -0.05) is 218 Å². The zero-order valence-corrected chi connectivity index (χ0v) is 35.4. The van der Waals surface area contributed by atoms with Gasteiger partial charge in [0.05, 0.1) is 11.1 Å². The zero-order valence-electron chi connectivity index (χ0n) is 35.4. The molecule has 1 heterocycles. The predicted molar refractivity (Wildman–Crippen MR) is 266 cm³/mol. The predicted octanol–water partition coefficient (Wildman–Crippen LogP) is 16.4. The number of rotatable bonds is 9. The second kappa shape index (κ2) is 15.8. The molecule has 10 aromatic rings. The summed E-state index contributed by atoms with van der Waals surface area (Å²) < 4.78 is 7.38. The van der Waals surface area contributed by atoms with Crippen LogP contribution in [-0.2, 0) is 5.41 Å². The molecule has 0 aliphatic heterocycles. The van der Waals surface area contributed by atoms with Crippen LogP contribution in [0.15, 0.2) is 253 Å². The Morgan fingerprint density at radius 3 is 1.66 bits per heavy atom. The lowest BCUT2D eigenvalue weighted by atomic mass is 9.62. The third kappa shape index (κ3) is 6.02. The first-order chi connectivity index (χ1) is 31.8. The maximum Gasteiger partial charge on any atom is 0.159 e. The highest BCUT2D eigenvalue weighted by Gasteiger charge is 2.49. The lowest BCUT2D eigenvalue weighted by Crippen LogP contribution is -2.35. The van der Waals surface area contributed by atoms with Gasteiger partial charge in [-0.2, -0.15) is 0 Å². The number of allylic oxidation sites excluding steroid dienone is 4. The van der Waals surface area contributed by atoms with Gasteiger partial charge in [0.25, 0.3) is 0 Å². The van der Waals surface area contributed by atoms with E-state index in [2.05, 4.69) is 254 Å². The van der Waals surface area contributed by atoms with E-state index in [0.717, 1.165) is 56.5 Å². The maximum atomic E-state index is 7.38. The lowest BCUT2D eigenvalue weighted by molar-refractivity contribution is 0.457. The van der Waals surface area contributed by atoms with Crippen LogP contribution >= 0.6 is 0 Å². The van der Waals surface area contributed by atoms with Gasteiger partial charge < -0.3 is 9.32 Å². The van der Waals surface area contributed by atoms with E-state index in [1.807, 2.05) is 0 Å². The van der Waals surface area contributed by atoms with E-state index in [4.69, 9.17) is 4.42 Å². The molecule has 9 aromatic carbocycles. The van der Waals surface area contributed by atoms with E-state index >= 15 is 0 Å². The quantitative estimate of drug-likeness (QED) is 0.135. The van der Waals surface area contributed by atoms with Gasteiger partial charge in [-0.05, 0) is 92.7 Å². The van der Waals surface area contributed by atoms with Crippen molar-refractivity contribution >= 4 is 39.0 Å². The Hall–Kier alpha value is -7.94. The van der Waals surface area contributed by atoms with Gasteiger partial charge in [-0.3, -0.25) is 0 Å². The number of hydrogen-bond acceptors (Lipinski definition) is 2. The molecular weight excluding hydrogens is 775 g/mol. The van der Waals surface area contributed by atoms with Crippen molar-refractivity contribution < 1.29 is 4.42 Å². The van der Waals surface area contributed by atoms with Crippen LogP contribution in [0.5, 0.6) is 0 Å². The molecule has 2 aliphatic rings. The molecule has 0 amide bonds. The normalized spacial score (nSPS) is 14.8. The topological polar surface area (TPSA) is 16.4 Å². The van der Waals surface area contributed by atoms with Gasteiger partial charge >= 0.3 is 0 Å². The highest BCUT2D eigenvalue weighted by molar-refractivity contribution is 6.15. The molecule has 1 atom stereocenters. The Kier molecular flexibility index (Phi) is 9.30. The summed E-state index contributed by atoms with van der Waals surface area (Å²) in [5, 5.41) is 2.22. The molecule has 2 heteroatoms. The molecule has 0 bridgehead atoms. The van der Waals surface area contributed by atoms with Gasteiger partial charge in [0.1, 0.15) is 5.58 Å². The average Bonchev–Trinajstić information content (AvgIpc) is 3.92. The summed E-state index contributed by atoms with van der Waals surface area (Å²) in [5.41, 5.74) is 17.0. The molecule has 2 aliphatic carbocycles.